The first-order valence-electron chi connectivity index (χ1n) is 3.66. The molecule has 0 fully saturated rings. The quantitative estimate of drug-likeness (QED) is 0.375. The minimum atomic E-state index is 0.556. The lowest BCUT2D eigenvalue weighted by Gasteiger charge is -1.96. The van der Waals surface area contributed by atoms with Gasteiger partial charge in [0, 0.05) is 22.7 Å². The van der Waals surface area contributed by atoms with Crippen molar-refractivity contribution in [1.29, 1.82) is 0 Å². The van der Waals surface area contributed by atoms with Gasteiger partial charge in [0.2, 0.25) is 0 Å². The van der Waals surface area contributed by atoms with Gasteiger partial charge in [0.15, 0.2) is 5.65 Å². The van der Waals surface area contributed by atoms with E-state index in [0.29, 0.717) is 11.3 Å². The zero-order valence-corrected chi connectivity index (χ0v) is 6.62. The summed E-state index contributed by atoms with van der Waals surface area (Å²) in [5, 5.41) is 4.30. The Morgan fingerprint density at radius 1 is 1.23 bits per heavy atom. The molecule has 0 bridgehead atoms. The molecule has 0 atom stereocenters. The Morgan fingerprint density at radius 3 is 2.92 bits per heavy atom. The van der Waals surface area contributed by atoms with Gasteiger partial charge >= 0.3 is 0 Å². The highest BCUT2D eigenvalue weighted by Gasteiger charge is 1.98. The molecule has 0 aliphatic rings. The smallest absolute Gasteiger partial charge is 0.159 e. The van der Waals surface area contributed by atoms with Crippen LogP contribution in [0.1, 0.15) is 0 Å². The molecule has 2 aromatic rings. The van der Waals surface area contributed by atoms with Gasteiger partial charge in [-0.05, 0) is 23.7 Å². The lowest BCUT2D eigenvalue weighted by atomic mass is 10.2. The number of pyridine rings is 2. The van der Waals surface area contributed by atoms with E-state index in [1.807, 2.05) is 6.07 Å². The van der Waals surface area contributed by atoms with Gasteiger partial charge in [-0.3, -0.25) is 0 Å². The fraction of sp³-hybridized carbons (Fsp3) is 0. The van der Waals surface area contributed by atoms with Crippen molar-refractivity contribution in [3.05, 3.63) is 41.0 Å². The van der Waals surface area contributed by atoms with Gasteiger partial charge in [-0.15, -0.1) is 0 Å². The molecule has 0 saturated carbocycles. The van der Waals surface area contributed by atoms with Crippen molar-refractivity contribution in [1.82, 2.24) is 9.97 Å². The van der Waals surface area contributed by atoms with Crippen molar-refractivity contribution in [3.8, 4) is 0 Å². The highest BCUT2D eigenvalue weighted by Crippen LogP contribution is 2.21. The molecule has 0 radical (unpaired) electrons. The zero-order chi connectivity index (χ0) is 9.10. The largest absolute Gasteiger partial charge is 0.237 e. The van der Waals surface area contributed by atoms with E-state index in [1.165, 1.54) is 0 Å². The molecule has 0 aromatic carbocycles. The summed E-state index contributed by atoms with van der Waals surface area (Å²) in [6.45, 7) is 0. The van der Waals surface area contributed by atoms with Crippen LogP contribution >= 0.6 is 0 Å². The number of fused-ring (bicyclic) bond motifs is 1. The van der Waals surface area contributed by atoms with E-state index >= 15 is 0 Å². The average molecular weight is 171 g/mol. The molecule has 2 aromatic heterocycles. The Bertz CT molecular complexity index is 481. The van der Waals surface area contributed by atoms with Gasteiger partial charge < -0.3 is 0 Å². The standard InChI is InChI=1S/C8H5N5/c9-13-12-7-3-5-11-8-6(7)2-1-4-10-8/h1-5H. The van der Waals surface area contributed by atoms with E-state index in [2.05, 4.69) is 20.0 Å². The summed E-state index contributed by atoms with van der Waals surface area (Å²) in [6, 6.07) is 5.25. The van der Waals surface area contributed by atoms with Crippen LogP contribution in [0.5, 0.6) is 0 Å². The van der Waals surface area contributed by atoms with Crippen LogP contribution in [0.2, 0.25) is 0 Å². The first kappa shape index (κ1) is 7.52. The Morgan fingerprint density at radius 2 is 2.08 bits per heavy atom. The number of nitrogens with zero attached hydrogens (tertiary/aromatic N) is 5. The third-order valence-electron chi connectivity index (χ3n) is 1.64. The summed E-state index contributed by atoms with van der Waals surface area (Å²) < 4.78 is 0. The third-order valence-corrected chi connectivity index (χ3v) is 1.64. The second-order valence-electron chi connectivity index (χ2n) is 2.39. The van der Waals surface area contributed by atoms with Crippen molar-refractivity contribution < 1.29 is 0 Å². The van der Waals surface area contributed by atoms with Gasteiger partial charge in [-0.25, -0.2) is 9.97 Å². The van der Waals surface area contributed by atoms with Crippen LogP contribution in [0.25, 0.3) is 21.5 Å². The van der Waals surface area contributed by atoms with Gasteiger partial charge in [-0.2, -0.15) is 0 Å². The molecule has 0 N–H and O–H groups in total. The maximum atomic E-state index is 8.30. The van der Waals surface area contributed by atoms with E-state index in [0.717, 1.165) is 5.39 Å². The minimum Gasteiger partial charge on any atom is -0.237 e. The van der Waals surface area contributed by atoms with Crippen LogP contribution < -0.4 is 0 Å². The molecule has 0 aliphatic heterocycles. The summed E-state index contributed by atoms with van der Waals surface area (Å²) >= 11 is 0. The first-order valence-corrected chi connectivity index (χ1v) is 3.66. The van der Waals surface area contributed by atoms with Crippen molar-refractivity contribution >= 4 is 16.7 Å². The number of aromatic nitrogens is 2. The van der Waals surface area contributed by atoms with Gasteiger partial charge in [-0.1, -0.05) is 5.11 Å². The topological polar surface area (TPSA) is 74.5 Å². The van der Waals surface area contributed by atoms with E-state index in [9.17, 15) is 0 Å². The summed E-state index contributed by atoms with van der Waals surface area (Å²) in [5.41, 5.74) is 9.44. The molecule has 0 amide bonds. The average Bonchev–Trinajstić information content (AvgIpc) is 2.19. The van der Waals surface area contributed by atoms with Crippen LogP contribution in [-0.2, 0) is 0 Å². The molecule has 5 heteroatoms. The van der Waals surface area contributed by atoms with Crippen LogP contribution in [0.3, 0.4) is 0 Å². The maximum Gasteiger partial charge on any atom is 0.159 e. The van der Waals surface area contributed by atoms with Crippen LogP contribution in [-0.4, -0.2) is 9.97 Å². The number of hydrogen-bond acceptors (Lipinski definition) is 3. The molecule has 0 unspecified atom stereocenters. The van der Waals surface area contributed by atoms with E-state index in [-0.39, 0.29) is 0 Å². The summed E-state index contributed by atoms with van der Waals surface area (Å²) in [6.07, 6.45) is 3.22. The highest BCUT2D eigenvalue weighted by molar-refractivity contribution is 5.86. The SMILES string of the molecule is [N-]=[N+]=Nc1ccnc2ncccc12. The second-order valence-corrected chi connectivity index (χ2v) is 2.39. The minimum absolute atomic E-state index is 0.556. The fourth-order valence-corrected chi connectivity index (χ4v) is 1.10. The van der Waals surface area contributed by atoms with Crippen LogP contribution in [0, 0.1) is 0 Å². The Balaban J connectivity index is 2.82. The predicted molar refractivity (Wildman–Crippen MR) is 48.3 cm³/mol. The van der Waals surface area contributed by atoms with Crippen molar-refractivity contribution in [2.45, 2.75) is 0 Å². The fourth-order valence-electron chi connectivity index (χ4n) is 1.10. The van der Waals surface area contributed by atoms with Gasteiger partial charge in [0.25, 0.3) is 0 Å². The summed E-state index contributed by atoms with van der Waals surface area (Å²) in [7, 11) is 0. The number of hydrogen-bond donors (Lipinski definition) is 0. The number of azide groups is 1. The molecule has 0 aliphatic carbocycles. The first-order chi connectivity index (χ1) is 6.42. The Hall–Kier alpha value is -2.13. The predicted octanol–water partition coefficient (Wildman–Crippen LogP) is 2.57. The molecule has 62 valence electrons. The molecule has 5 nitrogen and oxygen atoms in total. The molecular weight excluding hydrogens is 166 g/mol. The van der Waals surface area contributed by atoms with E-state index in [1.54, 1.807) is 24.5 Å². The Labute approximate surface area is 73.7 Å². The second kappa shape index (κ2) is 3.08. The molecule has 0 saturated heterocycles. The molecule has 13 heavy (non-hydrogen) atoms. The van der Waals surface area contributed by atoms with Crippen molar-refractivity contribution in [2.24, 2.45) is 5.11 Å². The molecule has 2 heterocycles. The summed E-state index contributed by atoms with van der Waals surface area (Å²) in [5.74, 6) is 0. The lowest BCUT2D eigenvalue weighted by Crippen LogP contribution is -1.80. The zero-order valence-electron chi connectivity index (χ0n) is 6.62. The van der Waals surface area contributed by atoms with Crippen molar-refractivity contribution in [2.75, 3.05) is 0 Å². The number of rotatable bonds is 1. The molecule has 2 rings (SSSR count). The molecule has 0 spiro atoms. The third kappa shape index (κ3) is 1.28. The molecular formula is C8H5N5. The van der Waals surface area contributed by atoms with Gasteiger partial charge in [0.05, 0.1) is 5.69 Å². The van der Waals surface area contributed by atoms with Crippen molar-refractivity contribution in [3.63, 3.8) is 0 Å². The summed E-state index contributed by atoms with van der Waals surface area (Å²) in [4.78, 5) is 10.8. The maximum absolute atomic E-state index is 8.30. The monoisotopic (exact) mass is 171 g/mol. The van der Waals surface area contributed by atoms with E-state index in [4.69, 9.17) is 5.53 Å². The van der Waals surface area contributed by atoms with Gasteiger partial charge in [0.1, 0.15) is 0 Å². The van der Waals surface area contributed by atoms with E-state index < -0.39 is 0 Å². The Kier molecular flexibility index (Phi) is 1.78. The lowest BCUT2D eigenvalue weighted by molar-refractivity contribution is 1.28. The van der Waals surface area contributed by atoms with Crippen LogP contribution in [0.15, 0.2) is 35.7 Å². The highest BCUT2D eigenvalue weighted by atomic mass is 15.1. The normalized spacial score (nSPS) is 9.54. The van der Waals surface area contributed by atoms with Crippen LogP contribution in [0.4, 0.5) is 5.69 Å².